The summed E-state index contributed by atoms with van der Waals surface area (Å²) >= 11 is 0. The number of hydrogen-bond donors (Lipinski definition) is 0. The smallest absolute Gasteiger partial charge is 0.744 e. The Morgan fingerprint density at radius 2 is 1.26 bits per heavy atom. The first-order valence-electron chi connectivity index (χ1n) is 8.74. The van der Waals surface area contributed by atoms with Crippen molar-refractivity contribution in [3.8, 4) is 0 Å². The minimum atomic E-state index is -4.84. The molecule has 27 heavy (non-hydrogen) atoms. The predicted octanol–water partition coefficient (Wildman–Crippen LogP) is 0.289. The number of hydrogen-bond acceptors (Lipinski definition) is 7. The van der Waals surface area contributed by atoms with Gasteiger partial charge < -0.3 is 14.0 Å². The summed E-state index contributed by atoms with van der Waals surface area (Å²) < 4.78 is 44.1. The summed E-state index contributed by atoms with van der Waals surface area (Å²) in [7, 11) is -4.84. The maximum atomic E-state index is 12.1. The minimum Gasteiger partial charge on any atom is -0.744 e. The number of unbranched alkanes of at least 4 members (excludes halogenated alkanes) is 4. The van der Waals surface area contributed by atoms with Gasteiger partial charge in [-0.1, -0.05) is 39.5 Å². The van der Waals surface area contributed by atoms with Crippen LogP contribution in [0.2, 0.25) is 0 Å². The molecule has 0 radical (unpaired) electrons. The Hall–Kier alpha value is -0.294. The van der Waals surface area contributed by atoms with Gasteiger partial charge in [0.15, 0.2) is 0 Å². The van der Waals surface area contributed by atoms with Crippen LogP contribution in [0.5, 0.6) is 0 Å². The zero-order valence-corrected chi connectivity index (χ0v) is 20.1. The summed E-state index contributed by atoms with van der Waals surface area (Å²) in [6, 6.07) is 3.01. The molecule has 0 amide bonds. The van der Waals surface area contributed by atoms with Gasteiger partial charge in [-0.05, 0) is 31.0 Å². The number of rotatable bonds is 11. The fraction of sp³-hybridized carbons (Fsp3) is 0.556. The van der Waals surface area contributed by atoms with Gasteiger partial charge in [-0.15, -0.1) is 0 Å². The maximum absolute atomic E-state index is 12.1. The molecule has 0 saturated heterocycles. The van der Waals surface area contributed by atoms with Gasteiger partial charge in [-0.2, -0.15) is 0 Å². The molecule has 0 aliphatic heterocycles. The second-order valence-electron chi connectivity index (χ2n) is 5.89. The third-order valence-corrected chi connectivity index (χ3v) is 4.44. The molecule has 7 nitrogen and oxygen atoms in total. The molecule has 1 aromatic carbocycles. The van der Waals surface area contributed by atoms with Crippen LogP contribution in [0, 0.1) is 0 Å². The molecule has 0 spiro atoms. The molecule has 0 aromatic heterocycles. The summed E-state index contributed by atoms with van der Waals surface area (Å²) in [6.07, 6.45) is 5.03. The molecule has 0 fully saturated rings. The van der Waals surface area contributed by atoms with E-state index >= 15 is 0 Å². The minimum absolute atomic E-state index is 0. The molecule has 146 valence electrons. The summed E-state index contributed by atoms with van der Waals surface area (Å²) in [5.74, 6) is -1.57. The van der Waals surface area contributed by atoms with Crippen molar-refractivity contribution in [1.29, 1.82) is 0 Å². The van der Waals surface area contributed by atoms with Gasteiger partial charge in [0, 0.05) is 0 Å². The van der Waals surface area contributed by atoms with Crippen LogP contribution in [0.1, 0.15) is 73.1 Å². The summed E-state index contributed by atoms with van der Waals surface area (Å²) in [6.45, 7) is 4.36. The Morgan fingerprint density at radius 1 is 0.852 bits per heavy atom. The van der Waals surface area contributed by atoms with Crippen LogP contribution in [0.15, 0.2) is 23.1 Å². The van der Waals surface area contributed by atoms with Gasteiger partial charge >= 0.3 is 63.3 Å². The fourth-order valence-corrected chi connectivity index (χ4v) is 2.72. The van der Waals surface area contributed by atoms with Crippen LogP contribution in [-0.4, -0.2) is 38.1 Å². The van der Waals surface area contributed by atoms with Crippen molar-refractivity contribution >= 4 is 22.1 Å². The van der Waals surface area contributed by atoms with Gasteiger partial charge in [-0.25, -0.2) is 18.0 Å². The van der Waals surface area contributed by atoms with Crippen molar-refractivity contribution in [1.82, 2.24) is 0 Å². The normalized spacial score (nSPS) is 10.8. The first-order valence-corrected chi connectivity index (χ1v) is 10.2. The molecule has 0 saturated carbocycles. The zero-order valence-electron chi connectivity index (χ0n) is 16.2. The van der Waals surface area contributed by atoms with Gasteiger partial charge in [0.05, 0.1) is 29.2 Å². The quantitative estimate of drug-likeness (QED) is 0.217. The predicted molar refractivity (Wildman–Crippen MR) is 94.0 cm³/mol. The van der Waals surface area contributed by atoms with Crippen molar-refractivity contribution in [2.24, 2.45) is 0 Å². The van der Waals surface area contributed by atoms with Gasteiger partial charge in [0.1, 0.15) is 10.1 Å². The topological polar surface area (TPSA) is 110 Å². The molecule has 1 rings (SSSR count). The van der Waals surface area contributed by atoms with Crippen LogP contribution in [0.3, 0.4) is 0 Å². The molecule has 0 N–H and O–H groups in total. The Labute approximate surface area is 203 Å². The summed E-state index contributed by atoms with van der Waals surface area (Å²) in [5, 5.41) is 0. The van der Waals surface area contributed by atoms with E-state index < -0.39 is 27.0 Å². The standard InChI is InChI=1S/C18H26O7S.K/c1-3-5-7-9-24-17(19)14-11-15(13-16(12-14)26(21,22)23)18(20)25-10-8-6-4-2;/h11-13H,3-10H2,1-2H3,(H,21,22,23);/q;+1/p-1. The first kappa shape index (κ1) is 26.7. The maximum Gasteiger partial charge on any atom is 1.00 e. The fourth-order valence-electron chi connectivity index (χ4n) is 2.18. The van der Waals surface area contributed by atoms with E-state index in [4.69, 9.17) is 9.47 Å². The Bertz CT molecular complexity index is 674. The number of esters is 2. The molecular weight excluding hydrogens is 399 g/mol. The van der Waals surface area contributed by atoms with E-state index in [9.17, 15) is 22.6 Å². The van der Waals surface area contributed by atoms with Crippen LogP contribution < -0.4 is 51.4 Å². The molecule has 0 bridgehead atoms. The van der Waals surface area contributed by atoms with Crippen LogP contribution in [0.4, 0.5) is 0 Å². The average molecular weight is 425 g/mol. The molecular formula is C18H25KO7S. The van der Waals surface area contributed by atoms with E-state index in [1.165, 1.54) is 6.07 Å². The Kier molecular flexibility index (Phi) is 13.7. The molecule has 0 aliphatic carbocycles. The molecule has 1 aromatic rings. The number of ether oxygens (including phenoxy) is 2. The van der Waals surface area contributed by atoms with E-state index in [0.29, 0.717) is 12.8 Å². The van der Waals surface area contributed by atoms with Crippen LogP contribution >= 0.6 is 0 Å². The third kappa shape index (κ3) is 10.2. The van der Waals surface area contributed by atoms with E-state index in [1.54, 1.807) is 0 Å². The summed E-state index contributed by atoms with van der Waals surface area (Å²) in [4.78, 5) is 23.5. The largest absolute Gasteiger partial charge is 1.00 e. The van der Waals surface area contributed by atoms with Gasteiger partial charge in [-0.3, -0.25) is 0 Å². The number of carbonyl (C=O) groups excluding carboxylic acids is 2. The molecule has 0 atom stereocenters. The van der Waals surface area contributed by atoms with E-state index in [1.807, 2.05) is 13.8 Å². The third-order valence-electron chi connectivity index (χ3n) is 3.63. The van der Waals surface area contributed by atoms with E-state index in [0.717, 1.165) is 37.8 Å². The molecule has 0 aliphatic rings. The second kappa shape index (κ2) is 13.8. The van der Waals surface area contributed by atoms with Crippen LogP contribution in [-0.2, 0) is 19.6 Å². The van der Waals surface area contributed by atoms with Crippen molar-refractivity contribution in [3.63, 3.8) is 0 Å². The Balaban J connectivity index is 0.00000676. The van der Waals surface area contributed by atoms with Crippen molar-refractivity contribution in [2.45, 2.75) is 57.3 Å². The van der Waals surface area contributed by atoms with E-state index in [2.05, 4.69) is 0 Å². The van der Waals surface area contributed by atoms with Gasteiger partial charge in [0.25, 0.3) is 0 Å². The van der Waals surface area contributed by atoms with Crippen molar-refractivity contribution in [3.05, 3.63) is 29.3 Å². The van der Waals surface area contributed by atoms with Crippen molar-refractivity contribution in [2.75, 3.05) is 13.2 Å². The number of benzene rings is 1. The zero-order chi connectivity index (χ0) is 19.6. The number of carbonyl (C=O) groups is 2. The monoisotopic (exact) mass is 424 g/mol. The van der Waals surface area contributed by atoms with Crippen LogP contribution in [0.25, 0.3) is 0 Å². The summed E-state index contributed by atoms with van der Waals surface area (Å²) in [5.41, 5.74) is -0.335. The SMILES string of the molecule is CCCCCOC(=O)c1cc(C(=O)OCCCCC)cc(S(=O)(=O)[O-])c1.[K+]. The first-order chi connectivity index (χ1) is 12.3. The average Bonchev–Trinajstić information content (AvgIpc) is 2.61. The molecule has 9 heteroatoms. The van der Waals surface area contributed by atoms with Crippen molar-refractivity contribution < 1.29 is 83.4 Å². The second-order valence-corrected chi connectivity index (χ2v) is 7.27. The van der Waals surface area contributed by atoms with Gasteiger partial charge in [0.2, 0.25) is 0 Å². The molecule has 0 heterocycles. The van der Waals surface area contributed by atoms with E-state index in [-0.39, 0.29) is 75.7 Å². The Morgan fingerprint density at radius 3 is 1.59 bits per heavy atom. The molecule has 0 unspecified atom stereocenters.